The van der Waals surface area contributed by atoms with Crippen molar-refractivity contribution < 1.29 is 4.74 Å². The third-order valence-corrected chi connectivity index (χ3v) is 2.56. The molecule has 2 aromatic rings. The number of nitrogen functional groups attached to an aromatic ring is 1. The molecule has 5 nitrogen and oxygen atoms in total. The van der Waals surface area contributed by atoms with Crippen molar-refractivity contribution in [1.82, 2.24) is 9.97 Å². The van der Waals surface area contributed by atoms with Crippen LogP contribution in [0.1, 0.15) is 5.56 Å². The zero-order chi connectivity index (χ0) is 13.0. The molecule has 3 N–H and O–H groups in total. The van der Waals surface area contributed by atoms with Crippen LogP contribution >= 0.6 is 11.6 Å². The molecule has 0 fully saturated rings. The van der Waals surface area contributed by atoms with Gasteiger partial charge in [0.2, 0.25) is 5.88 Å². The summed E-state index contributed by atoms with van der Waals surface area (Å²) in [6, 6.07) is 5.39. The summed E-state index contributed by atoms with van der Waals surface area (Å²) in [6.45, 7) is 0.581. The first-order valence-corrected chi connectivity index (χ1v) is 5.70. The number of aromatic nitrogens is 2. The Balaban J connectivity index is 2.06. The lowest BCUT2D eigenvalue weighted by Crippen LogP contribution is -2.04. The highest BCUT2D eigenvalue weighted by Crippen LogP contribution is 2.20. The normalized spacial score (nSPS) is 10.1. The van der Waals surface area contributed by atoms with E-state index in [0.29, 0.717) is 29.0 Å². The second kappa shape index (κ2) is 5.55. The highest BCUT2D eigenvalue weighted by molar-refractivity contribution is 6.30. The summed E-state index contributed by atoms with van der Waals surface area (Å²) < 4.78 is 5.05. The van der Waals surface area contributed by atoms with Gasteiger partial charge in [-0.3, -0.25) is 0 Å². The van der Waals surface area contributed by atoms with Gasteiger partial charge in [0, 0.05) is 25.0 Å². The molecule has 0 aliphatic carbocycles. The van der Waals surface area contributed by atoms with Gasteiger partial charge in [0.1, 0.15) is 5.82 Å². The van der Waals surface area contributed by atoms with Crippen LogP contribution in [0.2, 0.25) is 5.02 Å². The number of pyridine rings is 2. The van der Waals surface area contributed by atoms with Crippen LogP contribution in [-0.2, 0) is 6.54 Å². The number of nitrogens with one attached hydrogen (secondary N) is 1. The topological polar surface area (TPSA) is 73.1 Å². The van der Waals surface area contributed by atoms with E-state index in [4.69, 9.17) is 22.1 Å². The molecule has 6 heteroatoms. The van der Waals surface area contributed by atoms with E-state index >= 15 is 0 Å². The van der Waals surface area contributed by atoms with Crippen molar-refractivity contribution in [2.75, 3.05) is 18.2 Å². The van der Waals surface area contributed by atoms with Crippen molar-refractivity contribution in [2.24, 2.45) is 0 Å². The first-order chi connectivity index (χ1) is 8.69. The fourth-order valence-electron chi connectivity index (χ4n) is 1.46. The minimum Gasteiger partial charge on any atom is -0.481 e. The van der Waals surface area contributed by atoms with E-state index < -0.39 is 0 Å². The third-order valence-electron chi connectivity index (χ3n) is 2.35. The Morgan fingerprint density at radius 1 is 1.39 bits per heavy atom. The Hall–Kier alpha value is -2.01. The van der Waals surface area contributed by atoms with Crippen LogP contribution < -0.4 is 15.8 Å². The highest BCUT2D eigenvalue weighted by Gasteiger charge is 2.02. The number of methoxy groups -OCH3 is 1. The predicted molar refractivity (Wildman–Crippen MR) is 71.8 cm³/mol. The van der Waals surface area contributed by atoms with Crippen molar-refractivity contribution in [1.29, 1.82) is 0 Å². The maximum atomic E-state index is 5.80. The maximum Gasteiger partial charge on any atom is 0.213 e. The Morgan fingerprint density at radius 2 is 2.22 bits per heavy atom. The Morgan fingerprint density at radius 3 is 2.94 bits per heavy atom. The quantitative estimate of drug-likeness (QED) is 0.887. The SMILES string of the molecule is COc1cc(CNc2ncc(Cl)cc2N)ccn1. The predicted octanol–water partition coefficient (Wildman–Crippen LogP) is 2.33. The lowest BCUT2D eigenvalue weighted by Gasteiger charge is -2.09. The third kappa shape index (κ3) is 3.01. The van der Waals surface area contributed by atoms with Crippen LogP contribution in [0.15, 0.2) is 30.6 Å². The molecule has 2 heterocycles. The van der Waals surface area contributed by atoms with E-state index in [0.717, 1.165) is 5.56 Å². The summed E-state index contributed by atoms with van der Waals surface area (Å²) in [5, 5.41) is 3.65. The van der Waals surface area contributed by atoms with Gasteiger partial charge in [-0.25, -0.2) is 9.97 Å². The van der Waals surface area contributed by atoms with Crippen LogP contribution in [0.25, 0.3) is 0 Å². The Kier molecular flexibility index (Phi) is 3.84. The molecule has 0 aromatic carbocycles. The molecule has 0 aliphatic rings. The van der Waals surface area contributed by atoms with Gasteiger partial charge in [-0.15, -0.1) is 0 Å². The largest absolute Gasteiger partial charge is 0.481 e. The molecular weight excluding hydrogens is 252 g/mol. The molecule has 0 atom stereocenters. The zero-order valence-corrected chi connectivity index (χ0v) is 10.6. The van der Waals surface area contributed by atoms with Gasteiger partial charge in [0.15, 0.2) is 0 Å². The van der Waals surface area contributed by atoms with E-state index in [-0.39, 0.29) is 0 Å². The molecule has 2 aromatic heterocycles. The molecule has 0 aliphatic heterocycles. The van der Waals surface area contributed by atoms with Gasteiger partial charge in [0.25, 0.3) is 0 Å². The number of rotatable bonds is 4. The molecule has 2 rings (SSSR count). The van der Waals surface area contributed by atoms with Crippen molar-refractivity contribution in [2.45, 2.75) is 6.54 Å². The number of hydrogen-bond donors (Lipinski definition) is 2. The second-order valence-electron chi connectivity index (χ2n) is 3.65. The van der Waals surface area contributed by atoms with E-state index in [1.807, 2.05) is 12.1 Å². The fourth-order valence-corrected chi connectivity index (χ4v) is 1.63. The molecule has 0 bridgehead atoms. The van der Waals surface area contributed by atoms with E-state index in [9.17, 15) is 0 Å². The zero-order valence-electron chi connectivity index (χ0n) is 9.85. The molecule has 0 spiro atoms. The number of nitrogens with zero attached hydrogens (tertiary/aromatic N) is 2. The summed E-state index contributed by atoms with van der Waals surface area (Å²) >= 11 is 5.78. The molecule has 0 radical (unpaired) electrons. The van der Waals surface area contributed by atoms with Gasteiger partial charge in [0.05, 0.1) is 17.8 Å². The van der Waals surface area contributed by atoms with Gasteiger partial charge >= 0.3 is 0 Å². The fraction of sp³-hybridized carbons (Fsp3) is 0.167. The molecule has 18 heavy (non-hydrogen) atoms. The van der Waals surface area contributed by atoms with Crippen molar-refractivity contribution in [3.05, 3.63) is 41.2 Å². The summed E-state index contributed by atoms with van der Waals surface area (Å²) in [5.74, 6) is 1.18. The summed E-state index contributed by atoms with van der Waals surface area (Å²) in [6.07, 6.45) is 3.24. The second-order valence-corrected chi connectivity index (χ2v) is 4.09. The van der Waals surface area contributed by atoms with Crippen molar-refractivity contribution in [3.63, 3.8) is 0 Å². The van der Waals surface area contributed by atoms with Crippen LogP contribution in [0.5, 0.6) is 5.88 Å². The van der Waals surface area contributed by atoms with Crippen LogP contribution in [-0.4, -0.2) is 17.1 Å². The smallest absolute Gasteiger partial charge is 0.213 e. The average molecular weight is 265 g/mol. The van der Waals surface area contributed by atoms with Crippen LogP contribution in [0.3, 0.4) is 0 Å². The molecule has 0 saturated carbocycles. The maximum absolute atomic E-state index is 5.80. The molecule has 0 saturated heterocycles. The van der Waals surface area contributed by atoms with Gasteiger partial charge in [-0.1, -0.05) is 11.6 Å². The van der Waals surface area contributed by atoms with Crippen LogP contribution in [0, 0.1) is 0 Å². The molecule has 0 unspecified atom stereocenters. The lowest BCUT2D eigenvalue weighted by atomic mass is 10.2. The number of hydrogen-bond acceptors (Lipinski definition) is 5. The van der Waals surface area contributed by atoms with Crippen LogP contribution in [0.4, 0.5) is 11.5 Å². The molecule has 94 valence electrons. The van der Waals surface area contributed by atoms with E-state index in [1.54, 1.807) is 25.6 Å². The highest BCUT2D eigenvalue weighted by atomic mass is 35.5. The summed E-state index contributed by atoms with van der Waals surface area (Å²) in [7, 11) is 1.58. The van der Waals surface area contributed by atoms with Gasteiger partial charge < -0.3 is 15.8 Å². The van der Waals surface area contributed by atoms with E-state index in [1.165, 1.54) is 0 Å². The summed E-state index contributed by atoms with van der Waals surface area (Å²) in [4.78, 5) is 8.15. The first-order valence-electron chi connectivity index (χ1n) is 5.33. The van der Waals surface area contributed by atoms with Gasteiger partial charge in [-0.2, -0.15) is 0 Å². The number of ether oxygens (including phenoxy) is 1. The van der Waals surface area contributed by atoms with Crippen molar-refractivity contribution >= 4 is 23.1 Å². The Labute approximate surface area is 110 Å². The first kappa shape index (κ1) is 12.4. The number of nitrogens with two attached hydrogens (primary N) is 1. The average Bonchev–Trinajstić information content (AvgIpc) is 2.38. The number of halogens is 1. The molecule has 0 amide bonds. The van der Waals surface area contributed by atoms with E-state index in [2.05, 4.69) is 15.3 Å². The summed E-state index contributed by atoms with van der Waals surface area (Å²) in [5.41, 5.74) is 7.34. The Bertz CT molecular complexity index is 547. The van der Waals surface area contributed by atoms with Gasteiger partial charge in [-0.05, 0) is 17.7 Å². The standard InChI is InChI=1S/C12H13ClN4O/c1-18-11-4-8(2-3-15-11)6-16-12-10(14)5-9(13)7-17-12/h2-5,7H,6,14H2,1H3,(H,16,17). The molecular formula is C12H13ClN4O. The monoisotopic (exact) mass is 264 g/mol. The number of anilines is 2. The minimum absolute atomic E-state index is 0.517. The minimum atomic E-state index is 0.517. The lowest BCUT2D eigenvalue weighted by molar-refractivity contribution is 0.397. The van der Waals surface area contributed by atoms with Crippen molar-refractivity contribution in [3.8, 4) is 5.88 Å².